The van der Waals surface area contributed by atoms with Gasteiger partial charge in [-0.25, -0.2) is 0 Å². The Kier molecular flexibility index (Phi) is 3.96. The summed E-state index contributed by atoms with van der Waals surface area (Å²) in [7, 11) is 0. The highest BCUT2D eigenvalue weighted by Crippen LogP contribution is 2.05. The topological polar surface area (TPSA) is 43.1 Å². The molecule has 0 rings (SSSR count). The quantitative estimate of drug-likeness (QED) is 0.615. The number of primary amides is 1. The number of allylic oxidation sites excluding steroid dienone is 3. The molecular formula is C9H15NO. The molecule has 0 heterocycles. The van der Waals surface area contributed by atoms with Crippen molar-refractivity contribution in [3.8, 4) is 0 Å². The molecule has 62 valence electrons. The van der Waals surface area contributed by atoms with E-state index in [1.54, 1.807) is 12.2 Å². The predicted molar refractivity (Wildman–Crippen MR) is 49.0 cm³/mol. The number of nitrogens with two attached hydrogens (primary N) is 1. The van der Waals surface area contributed by atoms with E-state index in [9.17, 15) is 4.79 Å². The Balaban J connectivity index is 0. The van der Waals surface area contributed by atoms with Gasteiger partial charge >= 0.3 is 0 Å². The SMILES string of the molecule is C=C/C(=C\C(=C)C)CC(N)=O.[HH]. The van der Waals surface area contributed by atoms with Crippen LogP contribution in [-0.2, 0) is 4.79 Å². The third kappa shape index (κ3) is 5.15. The first-order valence-electron chi connectivity index (χ1n) is 3.33. The van der Waals surface area contributed by atoms with Crippen LogP contribution in [0.1, 0.15) is 14.8 Å². The number of carbonyl (C=O) groups excluding carboxylic acids is 1. The van der Waals surface area contributed by atoms with Crippen molar-refractivity contribution < 1.29 is 6.22 Å². The lowest BCUT2D eigenvalue weighted by Gasteiger charge is -1.96. The van der Waals surface area contributed by atoms with Gasteiger partial charge in [-0.3, -0.25) is 4.79 Å². The molecule has 0 aliphatic heterocycles. The average Bonchev–Trinajstić information content (AvgIpc) is 1.84. The van der Waals surface area contributed by atoms with Gasteiger partial charge in [0.1, 0.15) is 0 Å². The van der Waals surface area contributed by atoms with Gasteiger partial charge < -0.3 is 5.73 Å². The van der Waals surface area contributed by atoms with Gasteiger partial charge in [-0.1, -0.05) is 30.9 Å². The van der Waals surface area contributed by atoms with Crippen molar-refractivity contribution in [2.24, 2.45) is 5.73 Å². The zero-order chi connectivity index (χ0) is 8.85. The van der Waals surface area contributed by atoms with Crippen molar-refractivity contribution in [2.75, 3.05) is 0 Å². The van der Waals surface area contributed by atoms with Crippen LogP contribution in [0, 0.1) is 0 Å². The van der Waals surface area contributed by atoms with Crippen molar-refractivity contribution in [2.45, 2.75) is 13.3 Å². The van der Waals surface area contributed by atoms with E-state index in [0.717, 1.165) is 11.1 Å². The first kappa shape index (κ1) is 9.69. The second-order valence-electron chi connectivity index (χ2n) is 2.41. The molecule has 0 atom stereocenters. The van der Waals surface area contributed by atoms with E-state index in [2.05, 4.69) is 13.2 Å². The predicted octanol–water partition coefficient (Wildman–Crippen LogP) is 1.80. The molecule has 0 aromatic heterocycles. The van der Waals surface area contributed by atoms with Crippen LogP contribution >= 0.6 is 0 Å². The van der Waals surface area contributed by atoms with Crippen LogP contribution < -0.4 is 5.73 Å². The summed E-state index contributed by atoms with van der Waals surface area (Å²) < 4.78 is 0. The molecule has 0 fully saturated rings. The van der Waals surface area contributed by atoms with Gasteiger partial charge in [0.05, 0.1) is 6.42 Å². The molecule has 0 aromatic carbocycles. The molecule has 0 bridgehead atoms. The summed E-state index contributed by atoms with van der Waals surface area (Å²) >= 11 is 0. The van der Waals surface area contributed by atoms with E-state index in [0.29, 0.717) is 0 Å². The van der Waals surface area contributed by atoms with Crippen molar-refractivity contribution >= 4 is 5.91 Å². The molecule has 0 aromatic rings. The van der Waals surface area contributed by atoms with Crippen LogP contribution in [0.2, 0.25) is 0 Å². The standard InChI is InChI=1S/C9H13NO.H2/c1-4-8(5-7(2)3)6-9(10)11;/h4-5H,1-2,6H2,3H3,(H2,10,11);1H/b8-5+;. The molecule has 0 aliphatic rings. The van der Waals surface area contributed by atoms with Crippen LogP contribution in [0.25, 0.3) is 0 Å². The van der Waals surface area contributed by atoms with E-state index in [-0.39, 0.29) is 13.8 Å². The monoisotopic (exact) mass is 153 g/mol. The summed E-state index contributed by atoms with van der Waals surface area (Å²) in [6.07, 6.45) is 3.63. The zero-order valence-electron chi connectivity index (χ0n) is 6.76. The van der Waals surface area contributed by atoms with Crippen molar-refractivity contribution in [1.29, 1.82) is 0 Å². The lowest BCUT2D eigenvalue weighted by Crippen LogP contribution is -2.10. The highest BCUT2D eigenvalue weighted by Gasteiger charge is 1.96. The number of hydrogen-bond donors (Lipinski definition) is 1. The summed E-state index contributed by atoms with van der Waals surface area (Å²) in [5.41, 5.74) is 6.69. The molecule has 0 saturated carbocycles. The van der Waals surface area contributed by atoms with E-state index >= 15 is 0 Å². The smallest absolute Gasteiger partial charge is 0.221 e. The van der Waals surface area contributed by atoms with Crippen LogP contribution in [0.3, 0.4) is 0 Å². The maximum absolute atomic E-state index is 10.5. The largest absolute Gasteiger partial charge is 0.369 e. The number of hydrogen-bond acceptors (Lipinski definition) is 1. The Bertz CT molecular complexity index is 219. The third-order valence-corrected chi connectivity index (χ3v) is 1.07. The molecule has 11 heavy (non-hydrogen) atoms. The highest BCUT2D eigenvalue weighted by atomic mass is 16.1. The molecule has 2 nitrogen and oxygen atoms in total. The lowest BCUT2D eigenvalue weighted by atomic mass is 10.1. The van der Waals surface area contributed by atoms with Crippen LogP contribution in [-0.4, -0.2) is 5.91 Å². The summed E-state index contributed by atoms with van der Waals surface area (Å²) in [5.74, 6) is -0.350. The maximum Gasteiger partial charge on any atom is 0.221 e. The first-order valence-corrected chi connectivity index (χ1v) is 3.33. The second kappa shape index (κ2) is 4.50. The minimum absolute atomic E-state index is 0. The minimum atomic E-state index is -0.350. The fourth-order valence-electron chi connectivity index (χ4n) is 0.700. The molecule has 1 amide bonds. The van der Waals surface area contributed by atoms with Crippen LogP contribution in [0.15, 0.2) is 36.5 Å². The third-order valence-electron chi connectivity index (χ3n) is 1.07. The summed E-state index contributed by atoms with van der Waals surface area (Å²) in [4.78, 5) is 10.5. The van der Waals surface area contributed by atoms with Crippen LogP contribution in [0.4, 0.5) is 0 Å². The van der Waals surface area contributed by atoms with Crippen molar-refractivity contribution in [3.63, 3.8) is 0 Å². The van der Waals surface area contributed by atoms with E-state index < -0.39 is 0 Å². The van der Waals surface area contributed by atoms with Crippen LogP contribution in [0.5, 0.6) is 0 Å². The summed E-state index contributed by atoms with van der Waals surface area (Å²) in [6.45, 7) is 9.08. The van der Waals surface area contributed by atoms with Gasteiger partial charge in [0.15, 0.2) is 0 Å². The van der Waals surface area contributed by atoms with Gasteiger partial charge in [0.25, 0.3) is 0 Å². The maximum atomic E-state index is 10.5. The molecule has 0 radical (unpaired) electrons. The van der Waals surface area contributed by atoms with Gasteiger partial charge in [-0.2, -0.15) is 0 Å². The molecule has 0 aliphatic carbocycles. The Labute approximate surface area is 68.6 Å². The van der Waals surface area contributed by atoms with Gasteiger partial charge in [0, 0.05) is 1.43 Å². The Morgan fingerprint density at radius 3 is 2.55 bits per heavy atom. The van der Waals surface area contributed by atoms with E-state index in [4.69, 9.17) is 5.73 Å². The Morgan fingerprint density at radius 2 is 2.27 bits per heavy atom. The van der Waals surface area contributed by atoms with E-state index in [1.165, 1.54) is 0 Å². The molecule has 2 heteroatoms. The number of rotatable bonds is 4. The van der Waals surface area contributed by atoms with Gasteiger partial charge in [-0.15, -0.1) is 0 Å². The van der Waals surface area contributed by atoms with Crippen molar-refractivity contribution in [3.05, 3.63) is 36.5 Å². The summed E-state index contributed by atoms with van der Waals surface area (Å²) in [5, 5.41) is 0. The lowest BCUT2D eigenvalue weighted by molar-refractivity contribution is -0.117. The normalized spacial score (nSPS) is 10.8. The van der Waals surface area contributed by atoms with E-state index in [1.807, 2.05) is 6.92 Å². The Hall–Kier alpha value is -1.31. The number of amides is 1. The van der Waals surface area contributed by atoms with Gasteiger partial charge in [-0.05, 0) is 12.5 Å². The molecule has 0 unspecified atom stereocenters. The highest BCUT2D eigenvalue weighted by molar-refractivity contribution is 5.77. The fraction of sp³-hybridized carbons (Fsp3) is 0.222. The zero-order valence-corrected chi connectivity index (χ0v) is 6.76. The molecule has 0 spiro atoms. The molecular weight excluding hydrogens is 138 g/mol. The summed E-state index contributed by atoms with van der Waals surface area (Å²) in [6, 6.07) is 0. The molecule has 0 saturated heterocycles. The molecule has 2 N–H and O–H groups in total. The number of carbonyl (C=O) groups is 1. The Morgan fingerprint density at radius 1 is 1.73 bits per heavy atom. The fourth-order valence-corrected chi connectivity index (χ4v) is 0.700. The minimum Gasteiger partial charge on any atom is -0.369 e. The van der Waals surface area contributed by atoms with Gasteiger partial charge in [0.2, 0.25) is 5.91 Å². The van der Waals surface area contributed by atoms with Crippen molar-refractivity contribution in [1.82, 2.24) is 0 Å². The average molecular weight is 153 g/mol. The first-order chi connectivity index (χ1) is 5.06. The second-order valence-corrected chi connectivity index (χ2v) is 2.41.